The van der Waals surface area contributed by atoms with Crippen LogP contribution in [-0.4, -0.2) is 27.2 Å². The molecule has 1 rings (SSSR count). The van der Waals surface area contributed by atoms with Crippen LogP contribution in [-0.2, 0) is 4.74 Å². The van der Waals surface area contributed by atoms with Crippen molar-refractivity contribution in [2.45, 2.75) is 0 Å². The van der Waals surface area contributed by atoms with Crippen molar-refractivity contribution >= 4 is 18.4 Å². The fourth-order valence-corrected chi connectivity index (χ4v) is 1.31. The van der Waals surface area contributed by atoms with Gasteiger partial charge in [0.25, 0.3) is 0 Å². The molecule has 0 aliphatic heterocycles. The van der Waals surface area contributed by atoms with Crippen molar-refractivity contribution in [2.75, 3.05) is 14.2 Å². The van der Waals surface area contributed by atoms with Gasteiger partial charge in [0.05, 0.1) is 19.8 Å². The van der Waals surface area contributed by atoms with Gasteiger partial charge >= 0.3 is 12.9 Å². The summed E-state index contributed by atoms with van der Waals surface area (Å²) < 4.78 is 47.0. The number of rotatable bonds is 3. The molecule has 0 aliphatic rings. The third-order valence-corrected chi connectivity index (χ3v) is 2.02. The fourth-order valence-electron chi connectivity index (χ4n) is 1.31. The zero-order valence-electron chi connectivity index (χ0n) is 8.67. The molecule has 0 unspecified atom stereocenters. The monoisotopic (exact) mass is 233 g/mol. The van der Waals surface area contributed by atoms with Crippen LogP contribution in [0.25, 0.3) is 0 Å². The Morgan fingerprint density at radius 2 is 1.88 bits per heavy atom. The molecule has 1 aromatic carbocycles. The molecule has 0 bridgehead atoms. The van der Waals surface area contributed by atoms with E-state index in [9.17, 15) is 17.7 Å². The van der Waals surface area contributed by atoms with E-state index in [1.165, 1.54) is 19.2 Å². The standard InChI is InChI=1S/C9H9BF3O3/c1-15-7-5-3-4-6(10(11,12)13)8(7)9(14)16-2/h3-5H,1-2H3/q-1. The largest absolute Gasteiger partial charge is 0.510 e. The van der Waals surface area contributed by atoms with E-state index in [0.29, 0.717) is 0 Å². The van der Waals surface area contributed by atoms with Crippen molar-refractivity contribution in [3.63, 3.8) is 0 Å². The number of hydrogen-bond acceptors (Lipinski definition) is 3. The summed E-state index contributed by atoms with van der Waals surface area (Å²) in [7, 11) is 2.21. The highest BCUT2D eigenvalue weighted by molar-refractivity contribution is 6.74. The van der Waals surface area contributed by atoms with Crippen molar-refractivity contribution in [2.24, 2.45) is 0 Å². The van der Waals surface area contributed by atoms with Gasteiger partial charge in [-0.05, 0) is 6.07 Å². The van der Waals surface area contributed by atoms with Crippen LogP contribution < -0.4 is 10.2 Å². The SMILES string of the molecule is COC(=O)c1c(OC)cccc1[B-](F)(F)F. The van der Waals surface area contributed by atoms with Gasteiger partial charge in [0.1, 0.15) is 5.75 Å². The van der Waals surface area contributed by atoms with Gasteiger partial charge < -0.3 is 22.4 Å². The topological polar surface area (TPSA) is 35.5 Å². The van der Waals surface area contributed by atoms with Gasteiger partial charge in [-0.25, -0.2) is 4.79 Å². The number of esters is 1. The predicted octanol–water partition coefficient (Wildman–Crippen LogP) is 1.54. The number of ether oxygens (including phenoxy) is 2. The Balaban J connectivity index is 3.44. The minimum Gasteiger partial charge on any atom is -0.496 e. The lowest BCUT2D eigenvalue weighted by Crippen LogP contribution is -2.38. The van der Waals surface area contributed by atoms with Crippen molar-refractivity contribution in [1.29, 1.82) is 0 Å². The smallest absolute Gasteiger partial charge is 0.496 e. The molecule has 0 atom stereocenters. The van der Waals surface area contributed by atoms with Gasteiger partial charge in [-0.15, -0.1) is 0 Å². The second kappa shape index (κ2) is 4.46. The van der Waals surface area contributed by atoms with Gasteiger partial charge in [-0.2, -0.15) is 0 Å². The number of carbonyl (C=O) groups is 1. The van der Waals surface area contributed by atoms with Crippen molar-refractivity contribution < 1.29 is 27.2 Å². The molecule has 0 spiro atoms. The van der Waals surface area contributed by atoms with Crippen molar-refractivity contribution in [3.8, 4) is 5.75 Å². The Labute approximate surface area is 90.2 Å². The molecular weight excluding hydrogens is 224 g/mol. The molecule has 7 heteroatoms. The third-order valence-electron chi connectivity index (χ3n) is 2.02. The molecule has 0 heterocycles. The van der Waals surface area contributed by atoms with Crippen LogP contribution in [0.5, 0.6) is 5.75 Å². The Bertz CT molecular complexity index is 403. The van der Waals surface area contributed by atoms with Crippen LogP contribution >= 0.6 is 0 Å². The maximum atomic E-state index is 12.7. The lowest BCUT2D eigenvalue weighted by Gasteiger charge is -2.20. The van der Waals surface area contributed by atoms with Crippen LogP contribution in [0.2, 0.25) is 0 Å². The maximum absolute atomic E-state index is 12.7. The van der Waals surface area contributed by atoms with E-state index in [1.54, 1.807) is 0 Å². The summed E-state index contributed by atoms with van der Waals surface area (Å²) in [4.78, 5) is 11.3. The first-order valence-electron chi connectivity index (χ1n) is 4.37. The Kier molecular flexibility index (Phi) is 3.46. The Morgan fingerprint density at radius 1 is 1.25 bits per heavy atom. The minimum atomic E-state index is -5.28. The zero-order chi connectivity index (χ0) is 12.3. The van der Waals surface area contributed by atoms with Crippen LogP contribution in [0.1, 0.15) is 10.4 Å². The van der Waals surface area contributed by atoms with E-state index in [0.717, 1.165) is 13.2 Å². The molecule has 0 aromatic heterocycles. The van der Waals surface area contributed by atoms with Crippen LogP contribution in [0.3, 0.4) is 0 Å². The molecule has 0 saturated carbocycles. The van der Waals surface area contributed by atoms with E-state index in [2.05, 4.69) is 4.74 Å². The third kappa shape index (κ3) is 2.29. The Hall–Kier alpha value is -1.66. The molecular formula is C9H9BF3O3-. The summed E-state index contributed by atoms with van der Waals surface area (Å²) in [5.74, 6) is -1.21. The first-order chi connectivity index (χ1) is 7.41. The molecule has 0 aliphatic carbocycles. The lowest BCUT2D eigenvalue weighted by molar-refractivity contribution is 0.0598. The summed E-state index contributed by atoms with van der Waals surface area (Å²) >= 11 is 0. The van der Waals surface area contributed by atoms with E-state index in [4.69, 9.17) is 4.74 Å². The number of benzene rings is 1. The minimum absolute atomic E-state index is 0.149. The van der Waals surface area contributed by atoms with E-state index < -0.39 is 24.0 Å². The highest BCUT2D eigenvalue weighted by Gasteiger charge is 2.32. The highest BCUT2D eigenvalue weighted by atomic mass is 19.4. The average Bonchev–Trinajstić information content (AvgIpc) is 2.25. The maximum Gasteiger partial charge on any atom is 0.510 e. The summed E-state index contributed by atoms with van der Waals surface area (Å²) in [6, 6.07) is 3.28. The van der Waals surface area contributed by atoms with Gasteiger partial charge in [0.2, 0.25) is 0 Å². The van der Waals surface area contributed by atoms with Gasteiger partial charge in [0.15, 0.2) is 0 Å². The first-order valence-corrected chi connectivity index (χ1v) is 4.37. The van der Waals surface area contributed by atoms with Crippen LogP contribution in [0, 0.1) is 0 Å². The summed E-state index contributed by atoms with van der Waals surface area (Å²) in [5.41, 5.74) is -1.59. The summed E-state index contributed by atoms with van der Waals surface area (Å²) in [6.45, 7) is -5.28. The lowest BCUT2D eigenvalue weighted by atomic mass is 9.76. The first kappa shape index (κ1) is 12.4. The van der Waals surface area contributed by atoms with Crippen molar-refractivity contribution in [1.82, 2.24) is 0 Å². The second-order valence-electron chi connectivity index (χ2n) is 2.99. The molecule has 3 nitrogen and oxygen atoms in total. The van der Waals surface area contributed by atoms with Crippen LogP contribution in [0.15, 0.2) is 18.2 Å². The second-order valence-corrected chi connectivity index (χ2v) is 2.99. The average molecular weight is 233 g/mol. The molecule has 0 saturated heterocycles. The van der Waals surface area contributed by atoms with E-state index in [1.807, 2.05) is 0 Å². The molecule has 1 aromatic rings. The number of methoxy groups -OCH3 is 2. The number of halogens is 3. The molecule has 0 amide bonds. The fraction of sp³-hybridized carbons (Fsp3) is 0.222. The predicted molar refractivity (Wildman–Crippen MR) is 53.0 cm³/mol. The van der Waals surface area contributed by atoms with E-state index >= 15 is 0 Å². The molecule has 16 heavy (non-hydrogen) atoms. The van der Waals surface area contributed by atoms with Gasteiger partial charge in [-0.1, -0.05) is 17.6 Å². The summed E-state index contributed by atoms with van der Waals surface area (Å²) in [5, 5.41) is 0. The number of carbonyl (C=O) groups excluding carboxylic acids is 1. The van der Waals surface area contributed by atoms with Crippen LogP contribution in [0.4, 0.5) is 12.9 Å². The number of hydrogen-bond donors (Lipinski definition) is 0. The van der Waals surface area contributed by atoms with Gasteiger partial charge in [0, 0.05) is 0 Å². The molecule has 0 radical (unpaired) electrons. The van der Waals surface area contributed by atoms with Crippen molar-refractivity contribution in [3.05, 3.63) is 23.8 Å². The quantitative estimate of drug-likeness (QED) is 0.586. The van der Waals surface area contributed by atoms with Gasteiger partial charge in [-0.3, -0.25) is 0 Å². The normalized spacial score (nSPS) is 11.1. The molecule has 0 N–H and O–H groups in total. The summed E-state index contributed by atoms with van der Waals surface area (Å²) in [6.07, 6.45) is 0. The zero-order valence-corrected chi connectivity index (χ0v) is 8.67. The molecule has 88 valence electrons. The van der Waals surface area contributed by atoms with E-state index in [-0.39, 0.29) is 5.75 Å². The highest BCUT2D eigenvalue weighted by Crippen LogP contribution is 2.21. The molecule has 0 fully saturated rings. The Morgan fingerprint density at radius 3 is 2.31 bits per heavy atom.